The summed E-state index contributed by atoms with van der Waals surface area (Å²) >= 11 is 0. The SMILES string of the molecule is Cc1ccc2oc(-c3ccc(-c4ccc5c(c4)C(C)(C)c4cc(-c6ccc(-c7nc8nc(C)ccc8o7)cc6)ccc4-5)cc3)nc2n1. The number of hydrogen-bond acceptors (Lipinski definition) is 6. The second-order valence-electron chi connectivity index (χ2n) is 12.9. The van der Waals surface area contributed by atoms with Crippen molar-refractivity contribution >= 4 is 22.5 Å². The van der Waals surface area contributed by atoms with Gasteiger partial charge < -0.3 is 8.83 Å². The Balaban J connectivity index is 0.997. The Kier molecular flexibility index (Phi) is 5.87. The van der Waals surface area contributed by atoms with Gasteiger partial charge in [0.2, 0.25) is 11.8 Å². The quantitative estimate of drug-likeness (QED) is 0.197. The predicted molar refractivity (Wildman–Crippen MR) is 186 cm³/mol. The minimum Gasteiger partial charge on any atom is -0.434 e. The van der Waals surface area contributed by atoms with Crippen LogP contribution in [0.5, 0.6) is 0 Å². The highest BCUT2D eigenvalue weighted by Crippen LogP contribution is 2.50. The maximum Gasteiger partial charge on any atom is 0.228 e. The second-order valence-corrected chi connectivity index (χ2v) is 12.9. The van der Waals surface area contributed by atoms with Crippen molar-refractivity contribution in [3.05, 3.63) is 132 Å². The first-order chi connectivity index (χ1) is 22.8. The van der Waals surface area contributed by atoms with Gasteiger partial charge in [0.05, 0.1) is 0 Å². The van der Waals surface area contributed by atoms with Crippen LogP contribution in [0.3, 0.4) is 0 Å². The normalized spacial score (nSPS) is 13.3. The fraction of sp³-hybridized carbons (Fsp3) is 0.122. The minimum absolute atomic E-state index is 0.150. The minimum atomic E-state index is -0.150. The van der Waals surface area contributed by atoms with E-state index in [4.69, 9.17) is 8.83 Å². The van der Waals surface area contributed by atoms with E-state index >= 15 is 0 Å². The summed E-state index contributed by atoms with van der Waals surface area (Å²) in [5.74, 6) is 1.17. The van der Waals surface area contributed by atoms with Crippen molar-refractivity contribution in [1.29, 1.82) is 0 Å². The van der Waals surface area contributed by atoms with Gasteiger partial charge in [-0.05, 0) is 119 Å². The lowest BCUT2D eigenvalue weighted by Crippen LogP contribution is -2.15. The molecule has 0 N–H and O–H groups in total. The first-order valence-corrected chi connectivity index (χ1v) is 15.8. The van der Waals surface area contributed by atoms with Crippen LogP contribution < -0.4 is 0 Å². The van der Waals surface area contributed by atoms with Crippen LogP contribution in [0, 0.1) is 13.8 Å². The van der Waals surface area contributed by atoms with Gasteiger partial charge in [-0.2, -0.15) is 9.97 Å². The molecule has 6 nitrogen and oxygen atoms in total. The number of oxazole rings is 2. The summed E-state index contributed by atoms with van der Waals surface area (Å²) in [5, 5.41) is 0. The number of rotatable bonds is 4. The van der Waals surface area contributed by atoms with E-state index in [0.717, 1.165) is 33.6 Å². The summed E-state index contributed by atoms with van der Waals surface area (Å²) in [6.07, 6.45) is 0. The van der Waals surface area contributed by atoms with E-state index in [1.165, 1.54) is 33.4 Å². The van der Waals surface area contributed by atoms with Crippen molar-refractivity contribution in [2.75, 3.05) is 0 Å². The summed E-state index contributed by atoms with van der Waals surface area (Å²) in [5.41, 5.74) is 16.2. The average molecular weight is 611 g/mol. The first kappa shape index (κ1) is 27.4. The molecule has 0 atom stereocenters. The molecule has 1 aliphatic carbocycles. The molecule has 0 saturated heterocycles. The van der Waals surface area contributed by atoms with E-state index in [1.54, 1.807) is 0 Å². The van der Waals surface area contributed by atoms with E-state index in [9.17, 15) is 0 Å². The molecule has 0 fully saturated rings. The third-order valence-corrected chi connectivity index (χ3v) is 9.39. The Morgan fingerprint density at radius 2 is 0.809 bits per heavy atom. The summed E-state index contributed by atoms with van der Waals surface area (Å²) in [6, 6.07) is 38.2. The molecule has 226 valence electrons. The van der Waals surface area contributed by atoms with Crippen LogP contribution in [0.2, 0.25) is 0 Å². The lowest BCUT2D eigenvalue weighted by molar-refractivity contribution is 0.619. The zero-order valence-corrected chi connectivity index (χ0v) is 26.5. The monoisotopic (exact) mass is 610 g/mol. The predicted octanol–water partition coefficient (Wildman–Crippen LogP) is 10.4. The highest BCUT2D eigenvalue weighted by Gasteiger charge is 2.36. The topological polar surface area (TPSA) is 77.8 Å². The van der Waals surface area contributed by atoms with Gasteiger partial charge >= 0.3 is 0 Å². The van der Waals surface area contributed by atoms with Crippen LogP contribution in [-0.2, 0) is 5.41 Å². The van der Waals surface area contributed by atoms with Gasteiger partial charge in [0.25, 0.3) is 0 Å². The summed E-state index contributed by atoms with van der Waals surface area (Å²) < 4.78 is 12.0. The smallest absolute Gasteiger partial charge is 0.228 e. The van der Waals surface area contributed by atoms with Gasteiger partial charge in [0.1, 0.15) is 0 Å². The molecular formula is C41H30N4O2. The molecule has 4 aromatic heterocycles. The molecule has 4 heterocycles. The van der Waals surface area contributed by atoms with E-state index in [1.807, 2.05) is 38.1 Å². The number of pyridine rings is 2. The number of aryl methyl sites for hydroxylation is 2. The van der Waals surface area contributed by atoms with E-state index in [2.05, 4.69) is 119 Å². The van der Waals surface area contributed by atoms with E-state index < -0.39 is 0 Å². The molecule has 0 amide bonds. The maximum atomic E-state index is 5.98. The van der Waals surface area contributed by atoms with Crippen molar-refractivity contribution in [2.24, 2.45) is 0 Å². The van der Waals surface area contributed by atoms with Gasteiger partial charge in [-0.25, -0.2) is 9.97 Å². The standard InChI is InChI=1S/C41H30N4O2/c1-23-5-19-35-37(42-23)44-39(46-35)27-11-7-25(8-12-27)29-15-17-31-32-18-16-30(22-34(32)41(3,4)33(31)21-29)26-9-13-28(14-10-26)40-45-38-36(47-40)20-6-24(2)43-38/h5-22H,1-4H3. The van der Waals surface area contributed by atoms with Crippen LogP contribution in [-0.4, -0.2) is 19.9 Å². The molecule has 1 aliphatic rings. The molecule has 4 aromatic carbocycles. The molecule has 6 heteroatoms. The van der Waals surface area contributed by atoms with Crippen molar-refractivity contribution in [2.45, 2.75) is 33.1 Å². The Morgan fingerprint density at radius 1 is 0.426 bits per heavy atom. The van der Waals surface area contributed by atoms with Crippen LogP contribution in [0.1, 0.15) is 36.4 Å². The number of nitrogens with zero attached hydrogens (tertiary/aromatic N) is 4. The van der Waals surface area contributed by atoms with Crippen LogP contribution >= 0.6 is 0 Å². The van der Waals surface area contributed by atoms with Gasteiger partial charge in [-0.1, -0.05) is 62.4 Å². The fourth-order valence-electron chi connectivity index (χ4n) is 6.78. The molecule has 9 rings (SSSR count). The van der Waals surface area contributed by atoms with Crippen LogP contribution in [0.15, 0.2) is 118 Å². The van der Waals surface area contributed by atoms with Crippen molar-refractivity contribution in [3.8, 4) is 56.3 Å². The zero-order valence-electron chi connectivity index (χ0n) is 26.5. The van der Waals surface area contributed by atoms with Gasteiger partial charge in [-0.15, -0.1) is 0 Å². The molecule has 8 aromatic rings. The summed E-state index contributed by atoms with van der Waals surface area (Å²) in [7, 11) is 0. The molecule has 0 saturated carbocycles. The van der Waals surface area contributed by atoms with Crippen molar-refractivity contribution < 1.29 is 8.83 Å². The third-order valence-electron chi connectivity index (χ3n) is 9.39. The molecule has 0 spiro atoms. The maximum absolute atomic E-state index is 5.98. The Morgan fingerprint density at radius 3 is 1.23 bits per heavy atom. The van der Waals surface area contributed by atoms with Crippen molar-refractivity contribution in [1.82, 2.24) is 19.9 Å². The third kappa shape index (κ3) is 4.48. The molecule has 0 unspecified atom stereocenters. The molecule has 0 aliphatic heterocycles. The molecule has 47 heavy (non-hydrogen) atoms. The van der Waals surface area contributed by atoms with Gasteiger partial charge in [0.15, 0.2) is 22.5 Å². The van der Waals surface area contributed by atoms with Crippen LogP contribution in [0.4, 0.5) is 0 Å². The molecule has 0 bridgehead atoms. The van der Waals surface area contributed by atoms with Crippen molar-refractivity contribution in [3.63, 3.8) is 0 Å². The number of aromatic nitrogens is 4. The average Bonchev–Trinajstić information content (AvgIpc) is 3.77. The van der Waals surface area contributed by atoms with Gasteiger partial charge in [-0.3, -0.25) is 0 Å². The number of benzene rings is 4. The van der Waals surface area contributed by atoms with Gasteiger partial charge in [0, 0.05) is 27.9 Å². The highest BCUT2D eigenvalue weighted by atomic mass is 16.4. The summed E-state index contributed by atoms with van der Waals surface area (Å²) in [6.45, 7) is 8.56. The van der Waals surface area contributed by atoms with E-state index in [-0.39, 0.29) is 5.41 Å². The molecular weight excluding hydrogens is 580 g/mol. The lowest BCUT2D eigenvalue weighted by atomic mass is 9.81. The first-order valence-electron chi connectivity index (χ1n) is 15.8. The van der Waals surface area contributed by atoms with Crippen LogP contribution in [0.25, 0.3) is 78.7 Å². The second kappa shape index (κ2) is 10.1. The summed E-state index contributed by atoms with van der Waals surface area (Å²) in [4.78, 5) is 18.2. The molecule has 0 radical (unpaired) electrons. The number of fused-ring (bicyclic) bond motifs is 5. The largest absolute Gasteiger partial charge is 0.434 e. The Hall–Kier alpha value is -5.88. The fourth-order valence-corrected chi connectivity index (χ4v) is 6.78. The van der Waals surface area contributed by atoms with E-state index in [0.29, 0.717) is 34.2 Å². The Bertz CT molecular complexity index is 2330. The lowest BCUT2D eigenvalue weighted by Gasteiger charge is -2.22. The highest BCUT2D eigenvalue weighted by molar-refractivity contribution is 5.86. The zero-order chi connectivity index (χ0) is 31.9. The number of hydrogen-bond donors (Lipinski definition) is 0. The Labute approximate surface area is 271 Å².